The lowest BCUT2D eigenvalue weighted by Gasteiger charge is -2.22. The highest BCUT2D eigenvalue weighted by molar-refractivity contribution is 5.94. The van der Waals surface area contributed by atoms with E-state index in [4.69, 9.17) is 0 Å². The summed E-state index contributed by atoms with van der Waals surface area (Å²) in [4.78, 5) is 16.7. The highest BCUT2D eigenvalue weighted by Crippen LogP contribution is 2.30. The number of nitrogens with one attached hydrogen (secondary N) is 1. The van der Waals surface area contributed by atoms with E-state index >= 15 is 0 Å². The summed E-state index contributed by atoms with van der Waals surface area (Å²) in [7, 11) is 0. The molecule has 2 aromatic heterocycles. The summed E-state index contributed by atoms with van der Waals surface area (Å²) < 4.78 is 4.22. The second kappa shape index (κ2) is 6.97. The number of benzene rings is 1. The summed E-state index contributed by atoms with van der Waals surface area (Å²) in [5, 5.41) is 3.21. The van der Waals surface area contributed by atoms with Crippen molar-refractivity contribution in [1.82, 2.24) is 19.4 Å². The maximum absolute atomic E-state index is 12.6. The summed E-state index contributed by atoms with van der Waals surface area (Å²) in [6.07, 6.45) is 12.9. The average Bonchev–Trinajstić information content (AvgIpc) is 3.38. The van der Waals surface area contributed by atoms with Gasteiger partial charge in [0.05, 0.1) is 12.4 Å². The molecule has 3 aromatic rings. The molecule has 0 bridgehead atoms. The minimum absolute atomic E-state index is 0.00419. The predicted molar refractivity (Wildman–Crippen MR) is 96.3 cm³/mol. The van der Waals surface area contributed by atoms with Crippen molar-refractivity contribution in [2.45, 2.75) is 37.9 Å². The van der Waals surface area contributed by atoms with E-state index in [1.54, 1.807) is 6.20 Å². The van der Waals surface area contributed by atoms with E-state index in [2.05, 4.69) is 19.4 Å². The summed E-state index contributed by atoms with van der Waals surface area (Å²) >= 11 is 0. The Kier molecular flexibility index (Phi) is 4.37. The van der Waals surface area contributed by atoms with Crippen molar-refractivity contribution >= 4 is 5.91 Å². The Morgan fingerprint density at radius 1 is 1.12 bits per heavy atom. The number of carbonyl (C=O) groups excluding carboxylic acids is 1. The van der Waals surface area contributed by atoms with Crippen molar-refractivity contribution < 1.29 is 4.79 Å². The first-order valence-electron chi connectivity index (χ1n) is 8.77. The van der Waals surface area contributed by atoms with Gasteiger partial charge in [0.15, 0.2) is 0 Å². The third-order valence-corrected chi connectivity index (χ3v) is 4.95. The normalized spacial score (nSPS) is 19.8. The first-order valence-corrected chi connectivity index (χ1v) is 8.77. The maximum atomic E-state index is 12.6. The third kappa shape index (κ3) is 3.50. The molecule has 1 N–H and O–H groups in total. The number of imidazole rings is 1. The van der Waals surface area contributed by atoms with Crippen LogP contribution in [0, 0.1) is 0 Å². The molecule has 1 aromatic carbocycles. The molecule has 1 fully saturated rings. The van der Waals surface area contributed by atoms with Gasteiger partial charge in [-0.25, -0.2) is 4.98 Å². The minimum atomic E-state index is 0.00419. The van der Waals surface area contributed by atoms with Crippen LogP contribution in [0.2, 0.25) is 0 Å². The van der Waals surface area contributed by atoms with Gasteiger partial charge in [0.1, 0.15) is 0 Å². The zero-order valence-electron chi connectivity index (χ0n) is 14.1. The van der Waals surface area contributed by atoms with E-state index in [1.807, 2.05) is 61.3 Å². The van der Waals surface area contributed by atoms with Crippen LogP contribution in [0.4, 0.5) is 0 Å². The molecule has 0 aliphatic heterocycles. The fourth-order valence-electron chi connectivity index (χ4n) is 3.63. The van der Waals surface area contributed by atoms with Gasteiger partial charge < -0.3 is 14.5 Å². The monoisotopic (exact) mass is 334 g/mol. The molecule has 4 rings (SSSR count). The number of hydrogen-bond acceptors (Lipinski definition) is 2. The van der Waals surface area contributed by atoms with Gasteiger partial charge in [0.2, 0.25) is 0 Å². The molecule has 128 valence electrons. The van der Waals surface area contributed by atoms with Crippen LogP contribution in [-0.4, -0.2) is 26.1 Å². The summed E-state index contributed by atoms with van der Waals surface area (Å²) in [6.45, 7) is 0.820. The van der Waals surface area contributed by atoms with Crippen molar-refractivity contribution in [2.24, 2.45) is 0 Å². The van der Waals surface area contributed by atoms with Crippen LogP contribution in [0.15, 0.2) is 67.5 Å². The van der Waals surface area contributed by atoms with Crippen LogP contribution in [0.25, 0.3) is 0 Å². The largest absolute Gasteiger partial charge is 0.350 e. The molecule has 5 heteroatoms. The van der Waals surface area contributed by atoms with E-state index < -0.39 is 0 Å². The van der Waals surface area contributed by atoms with Crippen molar-refractivity contribution in [3.8, 4) is 0 Å². The van der Waals surface area contributed by atoms with Gasteiger partial charge in [0, 0.05) is 42.9 Å². The highest BCUT2D eigenvalue weighted by Gasteiger charge is 2.29. The second-order valence-corrected chi connectivity index (χ2v) is 6.64. The molecular formula is C20H22N4O. The molecule has 0 unspecified atom stereocenters. The van der Waals surface area contributed by atoms with Crippen molar-refractivity contribution in [3.63, 3.8) is 0 Å². The minimum Gasteiger partial charge on any atom is -0.350 e. The number of hydrogen-bond donors (Lipinski definition) is 1. The average molecular weight is 334 g/mol. The zero-order chi connectivity index (χ0) is 17.1. The number of rotatable bonds is 5. The number of amides is 1. The molecule has 0 spiro atoms. The maximum Gasteiger partial charge on any atom is 0.251 e. The molecular weight excluding hydrogens is 312 g/mol. The molecule has 5 nitrogen and oxygen atoms in total. The third-order valence-electron chi connectivity index (χ3n) is 4.95. The van der Waals surface area contributed by atoms with Crippen LogP contribution in [0.1, 0.15) is 41.2 Å². The van der Waals surface area contributed by atoms with E-state index in [0.717, 1.165) is 25.8 Å². The Morgan fingerprint density at radius 2 is 1.92 bits per heavy atom. The van der Waals surface area contributed by atoms with Crippen LogP contribution in [0.3, 0.4) is 0 Å². The molecule has 2 heterocycles. The van der Waals surface area contributed by atoms with Gasteiger partial charge in [-0.15, -0.1) is 0 Å². The van der Waals surface area contributed by atoms with Crippen LogP contribution in [0.5, 0.6) is 0 Å². The number of nitrogens with zero attached hydrogens (tertiary/aromatic N) is 3. The zero-order valence-corrected chi connectivity index (χ0v) is 14.1. The Hall–Kier alpha value is -2.82. The van der Waals surface area contributed by atoms with Gasteiger partial charge >= 0.3 is 0 Å². The number of aromatic nitrogens is 3. The first-order chi connectivity index (χ1) is 12.3. The summed E-state index contributed by atoms with van der Waals surface area (Å²) in [5.74, 6) is 0.00419. The molecule has 0 radical (unpaired) electrons. The first kappa shape index (κ1) is 15.7. The predicted octanol–water partition coefficient (Wildman–Crippen LogP) is 3.26. The fourth-order valence-corrected chi connectivity index (χ4v) is 3.63. The topological polar surface area (TPSA) is 51.9 Å². The number of carbonyl (C=O) groups is 1. The quantitative estimate of drug-likeness (QED) is 0.779. The summed E-state index contributed by atoms with van der Waals surface area (Å²) in [6, 6.07) is 12.4. The molecule has 1 amide bonds. The molecule has 1 saturated carbocycles. The van der Waals surface area contributed by atoms with E-state index in [0.29, 0.717) is 11.6 Å². The van der Waals surface area contributed by atoms with Crippen LogP contribution >= 0.6 is 0 Å². The lowest BCUT2D eigenvalue weighted by Crippen LogP contribution is -2.38. The molecule has 1 aliphatic rings. The molecule has 1 aliphatic carbocycles. The van der Waals surface area contributed by atoms with E-state index in [9.17, 15) is 4.79 Å². The molecule has 0 saturated heterocycles. The second-order valence-electron chi connectivity index (χ2n) is 6.64. The van der Waals surface area contributed by atoms with E-state index in [1.165, 1.54) is 5.56 Å². The van der Waals surface area contributed by atoms with Gasteiger partial charge in [-0.1, -0.05) is 12.1 Å². The van der Waals surface area contributed by atoms with Crippen molar-refractivity contribution in [3.05, 3.63) is 78.6 Å². The van der Waals surface area contributed by atoms with Gasteiger partial charge in [-0.2, -0.15) is 0 Å². The van der Waals surface area contributed by atoms with Gasteiger partial charge in [-0.05, 0) is 49.1 Å². The van der Waals surface area contributed by atoms with Gasteiger partial charge in [0.25, 0.3) is 5.91 Å². The van der Waals surface area contributed by atoms with Crippen LogP contribution < -0.4 is 5.32 Å². The standard InChI is InChI=1S/C20H22N4O/c25-20(22-18-4-3-5-19(18)24-13-10-21-15-24)17-8-6-16(7-9-17)14-23-11-1-2-12-23/h1-2,6-13,15,18-19H,3-5,14H2,(H,22,25)/t18-,19+/m0/s1. The highest BCUT2D eigenvalue weighted by atomic mass is 16.1. The smallest absolute Gasteiger partial charge is 0.251 e. The van der Waals surface area contributed by atoms with Crippen molar-refractivity contribution in [1.29, 1.82) is 0 Å². The Bertz CT molecular complexity index is 806. The lowest BCUT2D eigenvalue weighted by molar-refractivity contribution is 0.0929. The SMILES string of the molecule is O=C(N[C@H]1CCC[C@H]1n1ccnc1)c1ccc(Cn2cccc2)cc1. The molecule has 2 atom stereocenters. The van der Waals surface area contributed by atoms with Gasteiger partial charge in [-0.3, -0.25) is 4.79 Å². The molecule has 25 heavy (non-hydrogen) atoms. The van der Waals surface area contributed by atoms with Crippen LogP contribution in [-0.2, 0) is 6.54 Å². The van der Waals surface area contributed by atoms with E-state index in [-0.39, 0.29) is 11.9 Å². The van der Waals surface area contributed by atoms with Crippen molar-refractivity contribution in [2.75, 3.05) is 0 Å². The lowest BCUT2D eigenvalue weighted by atomic mass is 10.1. The fraction of sp³-hybridized carbons (Fsp3) is 0.300. The Labute approximate surface area is 147 Å². The summed E-state index contributed by atoms with van der Waals surface area (Å²) in [5.41, 5.74) is 1.90. The Balaban J connectivity index is 1.40. The Morgan fingerprint density at radius 3 is 2.64 bits per heavy atom.